The Labute approximate surface area is 121 Å². The molecule has 1 heterocycles. The van der Waals surface area contributed by atoms with Crippen molar-refractivity contribution < 1.29 is 4.74 Å². The van der Waals surface area contributed by atoms with Gasteiger partial charge in [0.25, 0.3) is 0 Å². The van der Waals surface area contributed by atoms with Crippen LogP contribution in [0.5, 0.6) is 0 Å². The second kappa shape index (κ2) is 4.77. The number of benzene rings is 1. The van der Waals surface area contributed by atoms with E-state index < -0.39 is 0 Å². The fourth-order valence-electron chi connectivity index (χ4n) is 3.24. The van der Waals surface area contributed by atoms with Gasteiger partial charge in [0.1, 0.15) is 5.84 Å². The Hall–Kier alpha value is -1.55. The number of hydrogen-bond donors (Lipinski definition) is 2. The Bertz CT molecular complexity index is 519. The minimum Gasteiger partial charge on any atom is -0.384 e. The molecule has 0 saturated carbocycles. The summed E-state index contributed by atoms with van der Waals surface area (Å²) in [6.07, 6.45) is 0. The molecule has 1 fully saturated rings. The monoisotopic (exact) mass is 275 g/mol. The number of amidine groups is 1. The van der Waals surface area contributed by atoms with Gasteiger partial charge in [-0.15, -0.1) is 0 Å². The lowest BCUT2D eigenvalue weighted by atomic mass is 9.96. The van der Waals surface area contributed by atoms with Gasteiger partial charge in [-0.2, -0.15) is 0 Å². The maximum absolute atomic E-state index is 7.81. The first-order chi connectivity index (χ1) is 9.11. The zero-order chi connectivity index (χ0) is 15.1. The summed E-state index contributed by atoms with van der Waals surface area (Å²) < 4.78 is 6.13. The van der Waals surface area contributed by atoms with Crippen LogP contribution >= 0.6 is 0 Å². The van der Waals surface area contributed by atoms with Crippen LogP contribution in [0.15, 0.2) is 18.2 Å². The van der Waals surface area contributed by atoms with E-state index in [2.05, 4.69) is 45.6 Å². The van der Waals surface area contributed by atoms with Crippen LogP contribution in [0.2, 0.25) is 0 Å². The third-order valence-electron chi connectivity index (χ3n) is 3.54. The van der Waals surface area contributed by atoms with Crippen molar-refractivity contribution in [1.82, 2.24) is 0 Å². The molecule has 2 rings (SSSR count). The van der Waals surface area contributed by atoms with Gasteiger partial charge in [-0.05, 0) is 46.2 Å². The van der Waals surface area contributed by atoms with E-state index >= 15 is 0 Å². The van der Waals surface area contributed by atoms with Gasteiger partial charge >= 0.3 is 0 Å². The molecule has 0 spiro atoms. The van der Waals surface area contributed by atoms with E-state index in [1.807, 2.05) is 12.1 Å². The lowest BCUT2D eigenvalue weighted by molar-refractivity contribution is -0.133. The molecular weight excluding hydrogens is 250 g/mol. The van der Waals surface area contributed by atoms with E-state index in [0.29, 0.717) is 0 Å². The van der Waals surface area contributed by atoms with Crippen LogP contribution < -0.4 is 10.6 Å². The Morgan fingerprint density at radius 2 is 1.75 bits per heavy atom. The number of hydrogen-bond acceptors (Lipinski definition) is 3. The Morgan fingerprint density at radius 1 is 1.20 bits per heavy atom. The Kier molecular flexibility index (Phi) is 3.54. The summed E-state index contributed by atoms with van der Waals surface area (Å²) in [5, 5.41) is 7.81. The molecule has 0 aromatic heterocycles. The highest BCUT2D eigenvalue weighted by atomic mass is 16.5. The van der Waals surface area contributed by atoms with E-state index in [1.165, 1.54) is 0 Å². The predicted molar refractivity (Wildman–Crippen MR) is 83.7 cm³/mol. The number of nitrogens with one attached hydrogen (secondary N) is 1. The van der Waals surface area contributed by atoms with Crippen molar-refractivity contribution >= 4 is 11.5 Å². The molecule has 1 saturated heterocycles. The molecule has 4 nitrogen and oxygen atoms in total. The van der Waals surface area contributed by atoms with Crippen LogP contribution in [0.3, 0.4) is 0 Å². The van der Waals surface area contributed by atoms with Crippen molar-refractivity contribution in [2.75, 3.05) is 18.0 Å². The van der Waals surface area contributed by atoms with Gasteiger partial charge in [0.15, 0.2) is 0 Å². The number of nitrogens with two attached hydrogens (primary N) is 1. The number of rotatable bonds is 2. The number of nitrogen functional groups attached to an aromatic ring is 1. The van der Waals surface area contributed by atoms with Crippen molar-refractivity contribution in [2.24, 2.45) is 5.73 Å². The molecule has 1 aromatic rings. The first-order valence-corrected chi connectivity index (χ1v) is 7.00. The van der Waals surface area contributed by atoms with Crippen LogP contribution in [0, 0.1) is 12.3 Å². The van der Waals surface area contributed by atoms with E-state index in [4.69, 9.17) is 15.9 Å². The lowest BCUT2D eigenvalue weighted by Crippen LogP contribution is -2.57. The average Bonchev–Trinajstić information content (AvgIpc) is 2.23. The fourth-order valence-corrected chi connectivity index (χ4v) is 3.24. The number of para-hydroxylation sites is 1. The van der Waals surface area contributed by atoms with Crippen LogP contribution in [-0.4, -0.2) is 30.1 Å². The molecule has 0 aliphatic carbocycles. The predicted octanol–water partition coefficient (Wildman–Crippen LogP) is 2.67. The van der Waals surface area contributed by atoms with Gasteiger partial charge < -0.3 is 15.4 Å². The van der Waals surface area contributed by atoms with Crippen molar-refractivity contribution in [3.63, 3.8) is 0 Å². The molecule has 20 heavy (non-hydrogen) atoms. The summed E-state index contributed by atoms with van der Waals surface area (Å²) in [4.78, 5) is 2.30. The molecule has 0 amide bonds. The third-order valence-corrected chi connectivity index (χ3v) is 3.54. The summed E-state index contributed by atoms with van der Waals surface area (Å²) in [5.41, 5.74) is 8.31. The highest BCUT2D eigenvalue weighted by Crippen LogP contribution is 2.34. The smallest absolute Gasteiger partial charge is 0.124 e. The second-order valence-electron chi connectivity index (χ2n) is 6.86. The zero-order valence-corrected chi connectivity index (χ0v) is 13.1. The molecule has 1 aromatic carbocycles. The number of nitrogens with zero attached hydrogens (tertiary/aromatic N) is 1. The SMILES string of the molecule is Cc1cccc(C(=N)N)c1N1CC(C)(C)OC(C)(C)C1. The van der Waals surface area contributed by atoms with Crippen LogP contribution in [0.1, 0.15) is 38.8 Å². The molecule has 0 radical (unpaired) electrons. The molecule has 110 valence electrons. The topological polar surface area (TPSA) is 62.3 Å². The summed E-state index contributed by atoms with van der Waals surface area (Å²) in [5.74, 6) is 0.116. The van der Waals surface area contributed by atoms with Crippen molar-refractivity contribution in [3.05, 3.63) is 29.3 Å². The number of morpholine rings is 1. The van der Waals surface area contributed by atoms with Crippen LogP contribution in [-0.2, 0) is 4.74 Å². The van der Waals surface area contributed by atoms with Gasteiger partial charge in [-0.25, -0.2) is 0 Å². The quantitative estimate of drug-likeness (QED) is 0.644. The van der Waals surface area contributed by atoms with E-state index in [0.717, 1.165) is 29.9 Å². The van der Waals surface area contributed by atoms with Gasteiger partial charge in [-0.3, -0.25) is 5.41 Å². The van der Waals surface area contributed by atoms with Crippen molar-refractivity contribution in [2.45, 2.75) is 45.8 Å². The molecule has 1 aliphatic heterocycles. The molecule has 4 heteroatoms. The van der Waals surface area contributed by atoms with Gasteiger partial charge in [-0.1, -0.05) is 12.1 Å². The van der Waals surface area contributed by atoms with Crippen LogP contribution in [0.4, 0.5) is 5.69 Å². The Morgan fingerprint density at radius 3 is 2.25 bits per heavy atom. The van der Waals surface area contributed by atoms with Gasteiger partial charge in [0.05, 0.1) is 16.9 Å². The summed E-state index contributed by atoms with van der Waals surface area (Å²) in [6.45, 7) is 12.1. The molecule has 3 N–H and O–H groups in total. The average molecular weight is 275 g/mol. The lowest BCUT2D eigenvalue weighted by Gasteiger charge is -2.48. The minimum atomic E-state index is -0.224. The molecule has 1 aliphatic rings. The van der Waals surface area contributed by atoms with Crippen molar-refractivity contribution in [3.8, 4) is 0 Å². The molecule has 0 bridgehead atoms. The fraction of sp³-hybridized carbons (Fsp3) is 0.562. The maximum Gasteiger partial charge on any atom is 0.124 e. The number of aryl methyl sites for hydroxylation is 1. The first-order valence-electron chi connectivity index (χ1n) is 7.00. The number of anilines is 1. The van der Waals surface area contributed by atoms with Gasteiger partial charge in [0.2, 0.25) is 0 Å². The van der Waals surface area contributed by atoms with Crippen molar-refractivity contribution in [1.29, 1.82) is 5.41 Å². The maximum atomic E-state index is 7.81. The highest BCUT2D eigenvalue weighted by Gasteiger charge is 2.39. The largest absolute Gasteiger partial charge is 0.384 e. The highest BCUT2D eigenvalue weighted by molar-refractivity contribution is 6.01. The minimum absolute atomic E-state index is 0.116. The molecular formula is C16H25N3O. The number of ether oxygens (including phenoxy) is 1. The molecule has 0 unspecified atom stereocenters. The second-order valence-corrected chi connectivity index (χ2v) is 6.86. The summed E-state index contributed by atoms with van der Waals surface area (Å²) in [6, 6.07) is 5.93. The normalized spacial score (nSPS) is 20.8. The summed E-state index contributed by atoms with van der Waals surface area (Å²) in [7, 11) is 0. The van der Waals surface area contributed by atoms with E-state index in [1.54, 1.807) is 0 Å². The summed E-state index contributed by atoms with van der Waals surface area (Å²) >= 11 is 0. The molecule has 0 atom stereocenters. The Balaban J connectivity index is 2.48. The van der Waals surface area contributed by atoms with Crippen LogP contribution in [0.25, 0.3) is 0 Å². The van der Waals surface area contributed by atoms with Gasteiger partial charge in [0, 0.05) is 18.7 Å². The first kappa shape index (κ1) is 14.9. The van der Waals surface area contributed by atoms with E-state index in [9.17, 15) is 0 Å². The van der Waals surface area contributed by atoms with E-state index in [-0.39, 0.29) is 17.0 Å². The standard InChI is InChI=1S/C16H25N3O/c1-11-7-6-8-12(14(17)18)13(11)19-9-15(2,3)20-16(4,5)10-19/h6-8H,9-10H2,1-5H3,(H3,17,18). The zero-order valence-electron chi connectivity index (χ0n) is 13.1. The third kappa shape index (κ3) is 2.96.